The summed E-state index contributed by atoms with van der Waals surface area (Å²) in [6, 6.07) is 0. The van der Waals surface area contributed by atoms with Crippen LogP contribution in [-0.2, 0) is 4.74 Å². The van der Waals surface area contributed by atoms with E-state index in [4.69, 9.17) is 4.74 Å². The third-order valence-corrected chi connectivity index (χ3v) is 2.25. The van der Waals surface area contributed by atoms with Crippen LogP contribution in [-0.4, -0.2) is 18.6 Å². The second kappa shape index (κ2) is 3.63. The number of ether oxygens (including phenoxy) is 1. The summed E-state index contributed by atoms with van der Waals surface area (Å²) in [4.78, 5) is 4.02. The van der Waals surface area contributed by atoms with E-state index in [1.807, 2.05) is 6.08 Å². The summed E-state index contributed by atoms with van der Waals surface area (Å²) in [6.07, 6.45) is 7.58. The van der Waals surface area contributed by atoms with E-state index in [0.29, 0.717) is 6.61 Å². The molecule has 2 heterocycles. The standard InChI is InChI=1S/C9H8NOS/c1-2-8(7-12-5-1)9-6-10-3-4-11-9/h1-3,6H,4-5H2. The largest absolute Gasteiger partial charge is 0.486 e. The van der Waals surface area contributed by atoms with Crippen molar-refractivity contribution in [1.29, 1.82) is 0 Å². The summed E-state index contributed by atoms with van der Waals surface area (Å²) < 4.78 is 5.37. The van der Waals surface area contributed by atoms with Crippen LogP contribution in [0.25, 0.3) is 0 Å². The van der Waals surface area contributed by atoms with E-state index < -0.39 is 0 Å². The fourth-order valence-corrected chi connectivity index (χ4v) is 1.57. The third-order valence-electron chi connectivity index (χ3n) is 1.52. The van der Waals surface area contributed by atoms with Gasteiger partial charge in [0, 0.05) is 22.9 Å². The number of hydrogen-bond donors (Lipinski definition) is 0. The molecule has 2 aliphatic rings. The van der Waals surface area contributed by atoms with Gasteiger partial charge in [-0.2, -0.15) is 0 Å². The van der Waals surface area contributed by atoms with Crippen molar-refractivity contribution in [3.05, 3.63) is 35.1 Å². The normalized spacial score (nSPS) is 21.3. The van der Waals surface area contributed by atoms with E-state index in [1.54, 1.807) is 24.2 Å². The van der Waals surface area contributed by atoms with Crippen LogP contribution >= 0.6 is 11.8 Å². The Kier molecular flexibility index (Phi) is 2.32. The summed E-state index contributed by atoms with van der Waals surface area (Å²) in [6.45, 7) is 0.565. The van der Waals surface area contributed by atoms with Gasteiger partial charge in [0.2, 0.25) is 0 Å². The van der Waals surface area contributed by atoms with Crippen molar-refractivity contribution in [3.63, 3.8) is 0 Å². The lowest BCUT2D eigenvalue weighted by Crippen LogP contribution is -2.02. The number of nitrogens with zero attached hydrogens (tertiary/aromatic N) is 1. The van der Waals surface area contributed by atoms with E-state index in [1.165, 1.54) is 0 Å². The SMILES string of the molecule is [C]1=C(C2=CN=CCO2)C=CCS1. The molecule has 0 fully saturated rings. The van der Waals surface area contributed by atoms with Crippen LogP contribution < -0.4 is 0 Å². The number of hydrogen-bond acceptors (Lipinski definition) is 3. The van der Waals surface area contributed by atoms with E-state index in [2.05, 4.69) is 16.5 Å². The first kappa shape index (κ1) is 7.68. The molecule has 0 saturated carbocycles. The van der Waals surface area contributed by atoms with Crippen molar-refractivity contribution in [3.8, 4) is 0 Å². The minimum Gasteiger partial charge on any atom is -0.486 e. The highest BCUT2D eigenvalue weighted by Gasteiger charge is 2.07. The van der Waals surface area contributed by atoms with Gasteiger partial charge >= 0.3 is 0 Å². The molecule has 0 bridgehead atoms. The lowest BCUT2D eigenvalue weighted by molar-refractivity contribution is 0.267. The molecule has 61 valence electrons. The van der Waals surface area contributed by atoms with Gasteiger partial charge in [-0.1, -0.05) is 12.2 Å². The Labute approximate surface area is 75.7 Å². The third kappa shape index (κ3) is 1.61. The van der Waals surface area contributed by atoms with Crippen LogP contribution in [0.2, 0.25) is 0 Å². The minimum absolute atomic E-state index is 0.565. The predicted molar refractivity (Wildman–Crippen MR) is 50.9 cm³/mol. The van der Waals surface area contributed by atoms with E-state index in [0.717, 1.165) is 17.1 Å². The van der Waals surface area contributed by atoms with Gasteiger partial charge in [0.1, 0.15) is 12.4 Å². The average Bonchev–Trinajstić information content (AvgIpc) is 2.21. The number of rotatable bonds is 1. The Balaban J connectivity index is 2.17. The second-order valence-corrected chi connectivity index (χ2v) is 3.19. The van der Waals surface area contributed by atoms with Crippen LogP contribution in [0.1, 0.15) is 0 Å². The van der Waals surface area contributed by atoms with Crippen LogP contribution in [0, 0.1) is 5.41 Å². The first-order chi connectivity index (χ1) is 5.97. The number of thioether (sulfide) groups is 1. The highest BCUT2D eigenvalue weighted by atomic mass is 32.2. The summed E-state index contributed by atoms with van der Waals surface area (Å²) in [7, 11) is 0. The van der Waals surface area contributed by atoms with E-state index in [-0.39, 0.29) is 0 Å². The van der Waals surface area contributed by atoms with Crippen molar-refractivity contribution in [2.45, 2.75) is 0 Å². The molecule has 0 aromatic heterocycles. The molecule has 1 radical (unpaired) electrons. The summed E-state index contributed by atoms with van der Waals surface area (Å²) in [5.41, 5.74) is 1.00. The highest BCUT2D eigenvalue weighted by Crippen LogP contribution is 2.22. The van der Waals surface area contributed by atoms with Gasteiger partial charge < -0.3 is 4.74 Å². The zero-order chi connectivity index (χ0) is 8.23. The van der Waals surface area contributed by atoms with Crippen LogP contribution in [0.4, 0.5) is 0 Å². The fraction of sp³-hybridized carbons (Fsp3) is 0.222. The number of allylic oxidation sites excluding steroid dienone is 1. The van der Waals surface area contributed by atoms with Gasteiger partial charge in [0.05, 0.1) is 6.20 Å². The van der Waals surface area contributed by atoms with Gasteiger partial charge in [-0.3, -0.25) is 4.99 Å². The molecule has 2 aliphatic heterocycles. The molecule has 0 aromatic rings. The smallest absolute Gasteiger partial charge is 0.146 e. The Bertz CT molecular complexity index is 289. The summed E-state index contributed by atoms with van der Waals surface area (Å²) >= 11 is 1.65. The summed E-state index contributed by atoms with van der Waals surface area (Å²) in [5.74, 6) is 1.82. The molecule has 0 amide bonds. The molecular formula is C9H8NOS. The zero-order valence-electron chi connectivity index (χ0n) is 6.49. The lowest BCUT2D eigenvalue weighted by atomic mass is 10.2. The van der Waals surface area contributed by atoms with Crippen molar-refractivity contribution < 1.29 is 4.74 Å². The molecule has 0 saturated heterocycles. The van der Waals surface area contributed by atoms with E-state index in [9.17, 15) is 0 Å². The van der Waals surface area contributed by atoms with Crippen LogP contribution in [0.3, 0.4) is 0 Å². The van der Waals surface area contributed by atoms with Crippen molar-refractivity contribution in [1.82, 2.24) is 0 Å². The number of aliphatic imine (C=N–C) groups is 1. The predicted octanol–water partition coefficient (Wildman–Crippen LogP) is 1.92. The first-order valence-corrected chi connectivity index (χ1v) is 4.71. The molecule has 2 nitrogen and oxygen atoms in total. The molecule has 0 N–H and O–H groups in total. The zero-order valence-corrected chi connectivity index (χ0v) is 7.30. The van der Waals surface area contributed by atoms with Gasteiger partial charge in [-0.05, 0) is 0 Å². The van der Waals surface area contributed by atoms with Crippen LogP contribution in [0.15, 0.2) is 34.7 Å². The monoisotopic (exact) mass is 178 g/mol. The Hall–Kier alpha value is -0.960. The molecule has 0 aliphatic carbocycles. The molecule has 12 heavy (non-hydrogen) atoms. The van der Waals surface area contributed by atoms with Crippen LogP contribution in [0.5, 0.6) is 0 Å². The fourth-order valence-electron chi connectivity index (χ4n) is 0.975. The minimum atomic E-state index is 0.565. The van der Waals surface area contributed by atoms with Crippen molar-refractivity contribution >= 4 is 18.0 Å². The summed E-state index contributed by atoms with van der Waals surface area (Å²) in [5, 5.41) is 3.17. The molecule has 0 unspecified atom stereocenters. The van der Waals surface area contributed by atoms with Gasteiger partial charge in [-0.25, -0.2) is 0 Å². The topological polar surface area (TPSA) is 21.6 Å². The maximum atomic E-state index is 5.37. The van der Waals surface area contributed by atoms with Crippen molar-refractivity contribution in [2.75, 3.05) is 12.4 Å². The molecule has 0 aromatic carbocycles. The maximum absolute atomic E-state index is 5.37. The maximum Gasteiger partial charge on any atom is 0.146 e. The average molecular weight is 178 g/mol. The molecule has 3 heteroatoms. The molecular weight excluding hydrogens is 170 g/mol. The quantitative estimate of drug-likeness (QED) is 0.611. The first-order valence-electron chi connectivity index (χ1n) is 3.73. The van der Waals surface area contributed by atoms with Gasteiger partial charge in [0.25, 0.3) is 0 Å². The lowest BCUT2D eigenvalue weighted by Gasteiger charge is -2.12. The Morgan fingerprint density at radius 2 is 2.58 bits per heavy atom. The van der Waals surface area contributed by atoms with Gasteiger partial charge in [0.15, 0.2) is 0 Å². The van der Waals surface area contributed by atoms with Crippen molar-refractivity contribution in [2.24, 2.45) is 4.99 Å². The molecule has 0 spiro atoms. The highest BCUT2D eigenvalue weighted by molar-refractivity contribution is 8.01. The molecule has 0 atom stereocenters. The Morgan fingerprint density at radius 3 is 3.25 bits per heavy atom. The molecule has 2 rings (SSSR count). The second-order valence-electron chi connectivity index (χ2n) is 2.37. The van der Waals surface area contributed by atoms with E-state index >= 15 is 0 Å². The van der Waals surface area contributed by atoms with Gasteiger partial charge in [-0.15, -0.1) is 11.8 Å². The Morgan fingerprint density at radius 1 is 1.58 bits per heavy atom.